The Morgan fingerprint density at radius 1 is 0.957 bits per heavy atom. The molecule has 0 aliphatic carbocycles. The van der Waals surface area contributed by atoms with Gasteiger partial charge < -0.3 is 9.32 Å². The molecule has 0 spiro atoms. The number of fused-ring (bicyclic) bond motifs is 1. The van der Waals surface area contributed by atoms with Crippen LogP contribution in [0.15, 0.2) is 63.8 Å². The summed E-state index contributed by atoms with van der Waals surface area (Å²) in [5, 5.41) is 0.964. The lowest BCUT2D eigenvalue weighted by atomic mass is 10.1. The first-order valence-electron chi connectivity index (χ1n) is 8.07. The summed E-state index contributed by atoms with van der Waals surface area (Å²) in [5.74, 6) is 0. The third-order valence-electron chi connectivity index (χ3n) is 4.16. The van der Waals surface area contributed by atoms with E-state index in [1.807, 2.05) is 48.5 Å². The van der Waals surface area contributed by atoms with Crippen LogP contribution < -0.4 is 10.5 Å². The highest BCUT2D eigenvalue weighted by Gasteiger charge is 2.09. The molecule has 2 aromatic carbocycles. The zero-order chi connectivity index (χ0) is 16.2. The van der Waals surface area contributed by atoms with Gasteiger partial charge in [-0.1, -0.05) is 30.3 Å². The Morgan fingerprint density at radius 3 is 2.39 bits per heavy atom. The highest BCUT2D eigenvalue weighted by molar-refractivity contribution is 5.81. The van der Waals surface area contributed by atoms with Crippen LogP contribution in [0.3, 0.4) is 0 Å². The SMILES string of the molecule is CCN(CC)c1ccc2cc(Cc3ccccc3)c(=O)oc2c1. The zero-order valence-corrected chi connectivity index (χ0v) is 13.6. The summed E-state index contributed by atoms with van der Waals surface area (Å²) >= 11 is 0. The quantitative estimate of drug-likeness (QED) is 0.661. The van der Waals surface area contributed by atoms with Crippen molar-refractivity contribution in [3.8, 4) is 0 Å². The Morgan fingerprint density at radius 2 is 1.70 bits per heavy atom. The van der Waals surface area contributed by atoms with Gasteiger partial charge in [0.05, 0.1) is 0 Å². The summed E-state index contributed by atoms with van der Waals surface area (Å²) in [5.41, 5.74) is 3.29. The van der Waals surface area contributed by atoms with Crippen molar-refractivity contribution in [2.75, 3.05) is 18.0 Å². The molecule has 3 rings (SSSR count). The molecule has 0 unspecified atom stereocenters. The van der Waals surface area contributed by atoms with Crippen LogP contribution in [0.25, 0.3) is 11.0 Å². The van der Waals surface area contributed by atoms with Crippen LogP contribution in [0.4, 0.5) is 5.69 Å². The zero-order valence-electron chi connectivity index (χ0n) is 13.6. The molecule has 3 nitrogen and oxygen atoms in total. The third-order valence-corrected chi connectivity index (χ3v) is 4.16. The summed E-state index contributed by atoms with van der Waals surface area (Å²) in [6.07, 6.45) is 0.594. The van der Waals surface area contributed by atoms with Crippen LogP contribution in [-0.2, 0) is 6.42 Å². The lowest BCUT2D eigenvalue weighted by molar-refractivity contribution is 0.552. The van der Waals surface area contributed by atoms with Crippen molar-refractivity contribution in [2.45, 2.75) is 20.3 Å². The summed E-state index contributed by atoms with van der Waals surface area (Å²) in [6, 6.07) is 18.0. The molecule has 0 bridgehead atoms. The van der Waals surface area contributed by atoms with Gasteiger partial charge in [0.15, 0.2) is 0 Å². The van der Waals surface area contributed by atoms with Crippen molar-refractivity contribution in [1.29, 1.82) is 0 Å². The molecule has 0 saturated heterocycles. The minimum absolute atomic E-state index is 0.252. The summed E-state index contributed by atoms with van der Waals surface area (Å²) in [6.45, 7) is 6.09. The molecule has 0 atom stereocenters. The topological polar surface area (TPSA) is 33.5 Å². The van der Waals surface area contributed by atoms with E-state index >= 15 is 0 Å². The van der Waals surface area contributed by atoms with Crippen molar-refractivity contribution < 1.29 is 4.42 Å². The van der Waals surface area contributed by atoms with Crippen LogP contribution in [0, 0.1) is 0 Å². The van der Waals surface area contributed by atoms with Crippen LogP contribution in [0.2, 0.25) is 0 Å². The minimum Gasteiger partial charge on any atom is -0.422 e. The first-order valence-corrected chi connectivity index (χ1v) is 8.07. The Balaban J connectivity index is 1.99. The van der Waals surface area contributed by atoms with E-state index in [0.717, 1.165) is 29.7 Å². The van der Waals surface area contributed by atoms with E-state index < -0.39 is 0 Å². The van der Waals surface area contributed by atoms with Gasteiger partial charge in [-0.3, -0.25) is 0 Å². The van der Waals surface area contributed by atoms with Gasteiger partial charge >= 0.3 is 5.63 Å². The largest absolute Gasteiger partial charge is 0.422 e. The average Bonchev–Trinajstić information content (AvgIpc) is 2.58. The number of hydrogen-bond acceptors (Lipinski definition) is 3. The van der Waals surface area contributed by atoms with Gasteiger partial charge in [-0.15, -0.1) is 0 Å². The van der Waals surface area contributed by atoms with E-state index in [2.05, 4.69) is 24.8 Å². The molecule has 0 saturated carbocycles. The molecule has 23 heavy (non-hydrogen) atoms. The number of rotatable bonds is 5. The Bertz CT molecular complexity index is 848. The van der Waals surface area contributed by atoms with Crippen molar-refractivity contribution in [2.24, 2.45) is 0 Å². The van der Waals surface area contributed by atoms with Crippen LogP contribution >= 0.6 is 0 Å². The molecule has 0 aliphatic heterocycles. The Labute approximate surface area is 136 Å². The third kappa shape index (κ3) is 3.29. The molecule has 118 valence electrons. The standard InChI is InChI=1S/C20H21NO2/c1-3-21(4-2)18-11-10-16-13-17(20(22)23-19(16)14-18)12-15-8-6-5-7-9-15/h5-11,13-14H,3-4,12H2,1-2H3. The lowest BCUT2D eigenvalue weighted by Crippen LogP contribution is -2.21. The molecule has 0 radical (unpaired) electrons. The molecule has 0 fully saturated rings. The van der Waals surface area contributed by atoms with Gasteiger partial charge in [0.25, 0.3) is 0 Å². The van der Waals surface area contributed by atoms with Gasteiger partial charge in [0, 0.05) is 42.2 Å². The van der Waals surface area contributed by atoms with E-state index in [1.54, 1.807) is 0 Å². The number of benzene rings is 2. The summed E-state index contributed by atoms with van der Waals surface area (Å²) in [7, 11) is 0. The van der Waals surface area contributed by atoms with Crippen molar-refractivity contribution in [1.82, 2.24) is 0 Å². The maximum Gasteiger partial charge on any atom is 0.339 e. The first-order chi connectivity index (χ1) is 11.2. The first kappa shape index (κ1) is 15.3. The molecular formula is C20H21NO2. The van der Waals surface area contributed by atoms with Crippen molar-refractivity contribution in [3.63, 3.8) is 0 Å². The lowest BCUT2D eigenvalue weighted by Gasteiger charge is -2.21. The predicted molar refractivity (Wildman–Crippen MR) is 95.3 cm³/mol. The number of anilines is 1. The monoisotopic (exact) mass is 307 g/mol. The fourth-order valence-corrected chi connectivity index (χ4v) is 2.87. The maximum atomic E-state index is 12.3. The van der Waals surface area contributed by atoms with E-state index in [9.17, 15) is 4.79 Å². The summed E-state index contributed by atoms with van der Waals surface area (Å²) in [4.78, 5) is 14.5. The minimum atomic E-state index is -0.252. The molecule has 1 aromatic heterocycles. The van der Waals surface area contributed by atoms with Gasteiger partial charge in [-0.05, 0) is 37.6 Å². The highest BCUT2D eigenvalue weighted by Crippen LogP contribution is 2.22. The maximum absolute atomic E-state index is 12.3. The molecule has 0 amide bonds. The number of hydrogen-bond donors (Lipinski definition) is 0. The van der Waals surface area contributed by atoms with Crippen LogP contribution in [-0.4, -0.2) is 13.1 Å². The smallest absolute Gasteiger partial charge is 0.339 e. The van der Waals surface area contributed by atoms with Gasteiger partial charge in [-0.2, -0.15) is 0 Å². The van der Waals surface area contributed by atoms with Crippen LogP contribution in [0.1, 0.15) is 25.0 Å². The second-order valence-corrected chi connectivity index (χ2v) is 5.62. The molecule has 0 aliphatic rings. The van der Waals surface area contributed by atoms with E-state index in [-0.39, 0.29) is 5.63 Å². The molecular weight excluding hydrogens is 286 g/mol. The van der Waals surface area contributed by atoms with E-state index in [4.69, 9.17) is 4.42 Å². The highest BCUT2D eigenvalue weighted by atomic mass is 16.4. The van der Waals surface area contributed by atoms with Crippen molar-refractivity contribution >= 4 is 16.7 Å². The van der Waals surface area contributed by atoms with Gasteiger partial charge in [0.2, 0.25) is 0 Å². The molecule has 1 heterocycles. The van der Waals surface area contributed by atoms with Crippen LogP contribution in [0.5, 0.6) is 0 Å². The molecule has 0 N–H and O–H groups in total. The second kappa shape index (κ2) is 6.69. The molecule has 3 heteroatoms. The fraction of sp³-hybridized carbons (Fsp3) is 0.250. The Kier molecular flexibility index (Phi) is 4.47. The van der Waals surface area contributed by atoms with E-state index in [0.29, 0.717) is 17.6 Å². The Hall–Kier alpha value is -2.55. The van der Waals surface area contributed by atoms with E-state index in [1.165, 1.54) is 0 Å². The van der Waals surface area contributed by atoms with Gasteiger partial charge in [0.1, 0.15) is 5.58 Å². The normalized spacial score (nSPS) is 10.9. The summed E-state index contributed by atoms with van der Waals surface area (Å²) < 4.78 is 5.56. The predicted octanol–water partition coefficient (Wildman–Crippen LogP) is 4.23. The number of nitrogens with zero attached hydrogens (tertiary/aromatic N) is 1. The molecule has 3 aromatic rings. The van der Waals surface area contributed by atoms with Gasteiger partial charge in [-0.25, -0.2) is 4.79 Å². The average molecular weight is 307 g/mol. The second-order valence-electron chi connectivity index (χ2n) is 5.62. The van der Waals surface area contributed by atoms with Crippen molar-refractivity contribution in [3.05, 3.63) is 76.1 Å². The fourth-order valence-electron chi connectivity index (χ4n) is 2.87.